The highest BCUT2D eigenvalue weighted by Gasteiger charge is 2.03. The summed E-state index contributed by atoms with van der Waals surface area (Å²) in [7, 11) is 0. The number of nitrogens with zero attached hydrogens (tertiary/aromatic N) is 1. The first-order valence-corrected chi connectivity index (χ1v) is 6.64. The second-order valence-electron chi connectivity index (χ2n) is 3.01. The molecule has 0 saturated heterocycles. The van der Waals surface area contributed by atoms with Gasteiger partial charge in [-0.1, -0.05) is 17.7 Å². The average Bonchev–Trinajstić information content (AvgIpc) is 2.56. The SMILES string of the molecule is Clc1cccc(N=Cc2cc(Br)c(I)o2)c1. The van der Waals surface area contributed by atoms with Crippen LogP contribution in [0.1, 0.15) is 5.76 Å². The molecule has 0 amide bonds. The van der Waals surface area contributed by atoms with Gasteiger partial charge in [-0.05, 0) is 34.1 Å². The summed E-state index contributed by atoms with van der Waals surface area (Å²) >= 11 is 11.3. The number of hydrogen-bond acceptors (Lipinski definition) is 2. The van der Waals surface area contributed by atoms with Crippen LogP contribution in [0.2, 0.25) is 5.02 Å². The Morgan fingerprint density at radius 2 is 2.19 bits per heavy atom. The van der Waals surface area contributed by atoms with Gasteiger partial charge in [0, 0.05) is 33.7 Å². The highest BCUT2D eigenvalue weighted by atomic mass is 127. The minimum Gasteiger partial charge on any atom is -0.448 e. The quantitative estimate of drug-likeness (QED) is 0.502. The first kappa shape index (κ1) is 12.1. The Bertz CT molecular complexity index is 519. The highest BCUT2D eigenvalue weighted by Crippen LogP contribution is 2.23. The predicted molar refractivity (Wildman–Crippen MR) is 77.8 cm³/mol. The molecule has 0 N–H and O–H groups in total. The van der Waals surface area contributed by atoms with Gasteiger partial charge in [0.05, 0.1) is 16.4 Å². The Hall–Kier alpha value is -0.330. The largest absolute Gasteiger partial charge is 0.448 e. The van der Waals surface area contributed by atoms with Crippen molar-refractivity contribution in [2.45, 2.75) is 0 Å². The number of hydrogen-bond donors (Lipinski definition) is 0. The average molecular weight is 410 g/mol. The third-order valence-corrected chi connectivity index (χ3v) is 4.18. The molecule has 1 heterocycles. The van der Waals surface area contributed by atoms with Gasteiger partial charge in [-0.3, -0.25) is 4.99 Å². The normalized spacial score (nSPS) is 11.2. The van der Waals surface area contributed by atoms with Crippen molar-refractivity contribution >= 4 is 62.0 Å². The molecule has 0 bridgehead atoms. The van der Waals surface area contributed by atoms with Gasteiger partial charge in [-0.2, -0.15) is 0 Å². The van der Waals surface area contributed by atoms with E-state index in [4.69, 9.17) is 16.0 Å². The summed E-state index contributed by atoms with van der Waals surface area (Å²) in [5, 5.41) is 0.671. The molecule has 82 valence electrons. The summed E-state index contributed by atoms with van der Waals surface area (Å²) in [6, 6.07) is 9.21. The Kier molecular flexibility index (Phi) is 4.05. The molecule has 2 nitrogen and oxygen atoms in total. The summed E-state index contributed by atoms with van der Waals surface area (Å²) in [4.78, 5) is 4.26. The van der Waals surface area contributed by atoms with E-state index in [0.717, 1.165) is 13.9 Å². The topological polar surface area (TPSA) is 25.5 Å². The van der Waals surface area contributed by atoms with Crippen molar-refractivity contribution < 1.29 is 4.42 Å². The minimum atomic E-state index is 0.671. The van der Waals surface area contributed by atoms with E-state index in [1.807, 2.05) is 24.3 Å². The van der Waals surface area contributed by atoms with E-state index in [-0.39, 0.29) is 0 Å². The molecule has 5 heteroatoms. The van der Waals surface area contributed by atoms with Crippen molar-refractivity contribution in [1.82, 2.24) is 0 Å². The van der Waals surface area contributed by atoms with Gasteiger partial charge in [0.1, 0.15) is 5.76 Å². The maximum absolute atomic E-state index is 5.85. The van der Waals surface area contributed by atoms with Crippen molar-refractivity contribution in [2.75, 3.05) is 0 Å². The molecule has 0 atom stereocenters. The fourth-order valence-electron chi connectivity index (χ4n) is 1.12. The molecule has 0 saturated carbocycles. The first-order valence-electron chi connectivity index (χ1n) is 4.39. The van der Waals surface area contributed by atoms with Gasteiger partial charge in [-0.25, -0.2) is 0 Å². The lowest BCUT2D eigenvalue weighted by molar-refractivity contribution is 0.530. The van der Waals surface area contributed by atoms with Gasteiger partial charge in [0.25, 0.3) is 0 Å². The van der Waals surface area contributed by atoms with E-state index in [1.165, 1.54) is 0 Å². The summed E-state index contributed by atoms with van der Waals surface area (Å²) in [5.41, 5.74) is 0.801. The fourth-order valence-corrected chi connectivity index (χ4v) is 2.02. The summed E-state index contributed by atoms with van der Waals surface area (Å²) in [6.07, 6.45) is 1.67. The molecular formula is C11H6BrClINO. The van der Waals surface area contributed by atoms with Crippen LogP contribution < -0.4 is 0 Å². The fraction of sp³-hybridized carbons (Fsp3) is 0. The zero-order chi connectivity index (χ0) is 11.5. The van der Waals surface area contributed by atoms with E-state index in [2.05, 4.69) is 43.5 Å². The van der Waals surface area contributed by atoms with Crippen LogP contribution in [-0.2, 0) is 0 Å². The molecule has 0 spiro atoms. The molecule has 0 aliphatic heterocycles. The van der Waals surface area contributed by atoms with Crippen molar-refractivity contribution in [3.8, 4) is 0 Å². The summed E-state index contributed by atoms with van der Waals surface area (Å²) < 4.78 is 7.17. The second kappa shape index (κ2) is 5.33. The lowest BCUT2D eigenvalue weighted by Gasteiger charge is -1.92. The molecule has 0 aliphatic carbocycles. The van der Waals surface area contributed by atoms with Crippen molar-refractivity contribution in [3.05, 3.63) is 49.4 Å². The highest BCUT2D eigenvalue weighted by molar-refractivity contribution is 14.1. The van der Waals surface area contributed by atoms with Crippen LogP contribution >= 0.6 is 50.1 Å². The lowest BCUT2D eigenvalue weighted by Crippen LogP contribution is -1.73. The Labute approximate surface area is 120 Å². The molecule has 16 heavy (non-hydrogen) atoms. The van der Waals surface area contributed by atoms with Gasteiger partial charge in [-0.15, -0.1) is 0 Å². The van der Waals surface area contributed by atoms with E-state index < -0.39 is 0 Å². The standard InChI is InChI=1S/C11H6BrClINO/c12-10-5-9(16-11(10)14)6-15-8-3-1-2-7(13)4-8/h1-6H. The van der Waals surface area contributed by atoms with Crippen LogP contribution in [0, 0.1) is 3.77 Å². The Balaban J connectivity index is 2.21. The molecular weight excluding hydrogens is 404 g/mol. The van der Waals surface area contributed by atoms with Gasteiger partial charge < -0.3 is 4.42 Å². The van der Waals surface area contributed by atoms with Crippen molar-refractivity contribution in [1.29, 1.82) is 0 Å². The first-order chi connectivity index (χ1) is 7.65. The number of furan rings is 1. The summed E-state index contributed by atoms with van der Waals surface area (Å²) in [5.74, 6) is 0.705. The molecule has 0 aliphatic rings. The predicted octanol–water partition coefficient (Wildman–Crippen LogP) is 5.05. The maximum Gasteiger partial charge on any atom is 0.178 e. The minimum absolute atomic E-state index is 0.671. The van der Waals surface area contributed by atoms with Crippen LogP contribution in [0.5, 0.6) is 0 Å². The molecule has 0 unspecified atom stereocenters. The maximum atomic E-state index is 5.85. The third-order valence-electron chi connectivity index (χ3n) is 1.81. The molecule has 1 aromatic carbocycles. The number of halogens is 3. The van der Waals surface area contributed by atoms with Gasteiger partial charge in [0.2, 0.25) is 0 Å². The Morgan fingerprint density at radius 1 is 1.38 bits per heavy atom. The molecule has 0 radical (unpaired) electrons. The van der Waals surface area contributed by atoms with E-state index in [0.29, 0.717) is 10.8 Å². The van der Waals surface area contributed by atoms with Crippen LogP contribution in [0.3, 0.4) is 0 Å². The van der Waals surface area contributed by atoms with Crippen molar-refractivity contribution in [2.24, 2.45) is 4.99 Å². The molecule has 0 fully saturated rings. The second-order valence-corrected chi connectivity index (χ2v) is 5.28. The van der Waals surface area contributed by atoms with E-state index >= 15 is 0 Å². The lowest BCUT2D eigenvalue weighted by atomic mass is 10.3. The molecule has 1 aromatic heterocycles. The van der Waals surface area contributed by atoms with E-state index in [1.54, 1.807) is 12.3 Å². The molecule has 2 aromatic rings. The van der Waals surface area contributed by atoms with Crippen LogP contribution in [-0.4, -0.2) is 6.21 Å². The zero-order valence-electron chi connectivity index (χ0n) is 7.95. The van der Waals surface area contributed by atoms with Crippen LogP contribution in [0.25, 0.3) is 0 Å². The molecule has 2 rings (SSSR count). The van der Waals surface area contributed by atoms with Gasteiger partial charge >= 0.3 is 0 Å². The van der Waals surface area contributed by atoms with Crippen molar-refractivity contribution in [3.63, 3.8) is 0 Å². The Morgan fingerprint density at radius 3 is 2.81 bits per heavy atom. The zero-order valence-corrected chi connectivity index (χ0v) is 12.5. The number of rotatable bonds is 2. The van der Waals surface area contributed by atoms with E-state index in [9.17, 15) is 0 Å². The van der Waals surface area contributed by atoms with Crippen LogP contribution in [0.15, 0.2) is 44.2 Å². The number of aliphatic imine (C=N–C) groups is 1. The monoisotopic (exact) mass is 409 g/mol. The van der Waals surface area contributed by atoms with Gasteiger partial charge in [0.15, 0.2) is 3.77 Å². The number of benzene rings is 1. The summed E-state index contributed by atoms with van der Waals surface area (Å²) in [6.45, 7) is 0. The smallest absolute Gasteiger partial charge is 0.178 e. The third kappa shape index (κ3) is 3.09. The van der Waals surface area contributed by atoms with Crippen LogP contribution in [0.4, 0.5) is 5.69 Å².